The number of hydrogen-bond donors (Lipinski definition) is 0. The smallest absolute Gasteiger partial charge is 0 e. The zero-order chi connectivity index (χ0) is 15.4. The summed E-state index contributed by atoms with van der Waals surface area (Å²) in [7, 11) is 0. The van der Waals surface area contributed by atoms with Gasteiger partial charge in [0.15, 0.2) is 0 Å². The van der Waals surface area contributed by atoms with E-state index in [1.165, 1.54) is 22.3 Å². The van der Waals surface area contributed by atoms with Crippen LogP contribution in [0.3, 0.4) is 0 Å². The molecular weight excluding hydrogens is 443 g/mol. The van der Waals surface area contributed by atoms with Gasteiger partial charge in [-0.3, -0.25) is 12.2 Å². The molecule has 116 valence electrons. The van der Waals surface area contributed by atoms with Crippen molar-refractivity contribution in [2.24, 2.45) is 0 Å². The van der Waals surface area contributed by atoms with E-state index in [0.717, 1.165) is 12.8 Å². The van der Waals surface area contributed by atoms with E-state index in [4.69, 9.17) is 0 Å². The first-order chi connectivity index (χ1) is 10.8. The van der Waals surface area contributed by atoms with E-state index < -0.39 is 0 Å². The molecule has 2 aliphatic rings. The standard InChI is InChI=1S/2C11H11.Hf/c2*1-2-9-7-8-10-5-3-4-6-11(9)10;/h2*3-6,8-9H,2H2,1H3;/q2*-1;. The van der Waals surface area contributed by atoms with E-state index in [2.05, 4.69) is 86.7 Å². The van der Waals surface area contributed by atoms with Gasteiger partial charge in [-0.1, -0.05) is 74.9 Å². The van der Waals surface area contributed by atoms with Crippen LogP contribution in [0.15, 0.2) is 48.5 Å². The molecule has 0 bridgehead atoms. The van der Waals surface area contributed by atoms with Crippen molar-refractivity contribution in [1.82, 2.24) is 0 Å². The van der Waals surface area contributed by atoms with Crippen LogP contribution in [0.4, 0.5) is 0 Å². The predicted molar refractivity (Wildman–Crippen MR) is 94.4 cm³/mol. The normalized spacial score (nSPS) is 19.4. The monoisotopic (exact) mass is 466 g/mol. The Morgan fingerprint density at radius 2 is 1.09 bits per heavy atom. The van der Waals surface area contributed by atoms with Crippen LogP contribution in [0.25, 0.3) is 12.2 Å². The zero-order valence-electron chi connectivity index (χ0n) is 13.8. The van der Waals surface area contributed by atoms with Gasteiger partial charge in [-0.2, -0.15) is 11.1 Å². The quantitative estimate of drug-likeness (QED) is 0.377. The molecule has 0 fully saturated rings. The van der Waals surface area contributed by atoms with Crippen molar-refractivity contribution in [3.63, 3.8) is 0 Å². The van der Waals surface area contributed by atoms with Crippen molar-refractivity contribution in [3.05, 3.63) is 82.9 Å². The fourth-order valence-electron chi connectivity index (χ4n) is 3.16. The first-order valence-corrected chi connectivity index (χ1v) is 8.19. The van der Waals surface area contributed by atoms with E-state index in [1.807, 2.05) is 0 Å². The first-order valence-electron chi connectivity index (χ1n) is 8.19. The molecule has 0 spiro atoms. The van der Waals surface area contributed by atoms with Gasteiger partial charge in [0.2, 0.25) is 0 Å². The molecule has 2 aliphatic carbocycles. The summed E-state index contributed by atoms with van der Waals surface area (Å²) in [6, 6.07) is 17.0. The molecule has 0 saturated heterocycles. The molecule has 0 amide bonds. The Balaban J connectivity index is 0.000000160. The second-order valence-electron chi connectivity index (χ2n) is 5.80. The molecule has 0 nitrogen and oxygen atoms in total. The van der Waals surface area contributed by atoms with E-state index in [0.29, 0.717) is 11.8 Å². The van der Waals surface area contributed by atoms with Crippen LogP contribution < -0.4 is 0 Å². The second-order valence-corrected chi connectivity index (χ2v) is 5.80. The van der Waals surface area contributed by atoms with E-state index >= 15 is 0 Å². The van der Waals surface area contributed by atoms with Gasteiger partial charge in [0.05, 0.1) is 0 Å². The molecule has 23 heavy (non-hydrogen) atoms. The fourth-order valence-corrected chi connectivity index (χ4v) is 3.16. The van der Waals surface area contributed by atoms with Gasteiger partial charge in [0, 0.05) is 25.8 Å². The van der Waals surface area contributed by atoms with Gasteiger partial charge < -0.3 is 0 Å². The molecule has 2 unspecified atom stereocenters. The average Bonchev–Trinajstić information content (AvgIpc) is 3.19. The summed E-state index contributed by atoms with van der Waals surface area (Å²) in [6.07, 6.45) is 13.2. The summed E-state index contributed by atoms with van der Waals surface area (Å²) in [5.74, 6) is 1.09. The summed E-state index contributed by atoms with van der Waals surface area (Å²) in [5, 5.41) is 0. The van der Waals surface area contributed by atoms with Crippen LogP contribution in [0.5, 0.6) is 0 Å². The van der Waals surface area contributed by atoms with Crippen molar-refractivity contribution in [2.75, 3.05) is 0 Å². The molecule has 0 radical (unpaired) electrons. The number of benzene rings is 2. The first kappa shape index (κ1) is 18.1. The molecule has 0 saturated carbocycles. The van der Waals surface area contributed by atoms with Crippen LogP contribution in [-0.2, 0) is 25.8 Å². The van der Waals surface area contributed by atoms with Crippen LogP contribution in [-0.4, -0.2) is 0 Å². The van der Waals surface area contributed by atoms with Crippen LogP contribution in [0, 0.1) is 12.2 Å². The van der Waals surface area contributed by atoms with Crippen molar-refractivity contribution < 1.29 is 25.8 Å². The topological polar surface area (TPSA) is 0 Å². The Morgan fingerprint density at radius 1 is 0.696 bits per heavy atom. The minimum atomic E-state index is 0. The third-order valence-corrected chi connectivity index (χ3v) is 4.44. The summed E-state index contributed by atoms with van der Waals surface area (Å²) in [6.45, 7) is 4.40. The van der Waals surface area contributed by atoms with Crippen molar-refractivity contribution in [3.8, 4) is 0 Å². The molecule has 1 heteroatoms. The third kappa shape index (κ3) is 4.01. The van der Waals surface area contributed by atoms with Gasteiger partial charge in [0.25, 0.3) is 0 Å². The maximum Gasteiger partial charge on any atom is 0 e. The number of allylic oxidation sites excluding steroid dienone is 2. The van der Waals surface area contributed by atoms with Crippen LogP contribution in [0.1, 0.15) is 60.8 Å². The van der Waals surface area contributed by atoms with Gasteiger partial charge in [-0.05, 0) is 0 Å². The second kappa shape index (κ2) is 8.59. The summed E-state index contributed by atoms with van der Waals surface area (Å²) < 4.78 is 0. The molecule has 0 heterocycles. The Bertz CT molecular complexity index is 635. The summed E-state index contributed by atoms with van der Waals surface area (Å²) in [5.41, 5.74) is 5.57. The van der Waals surface area contributed by atoms with E-state index in [9.17, 15) is 0 Å². The Labute approximate surface area is 159 Å². The summed E-state index contributed by atoms with van der Waals surface area (Å²) in [4.78, 5) is 0. The minimum Gasteiger partial charge on any atom is -0.268 e. The van der Waals surface area contributed by atoms with Crippen molar-refractivity contribution in [2.45, 2.75) is 38.5 Å². The molecule has 2 aromatic carbocycles. The average molecular weight is 465 g/mol. The molecule has 0 N–H and O–H groups in total. The minimum absolute atomic E-state index is 0. The van der Waals surface area contributed by atoms with Crippen molar-refractivity contribution >= 4 is 12.2 Å². The van der Waals surface area contributed by atoms with E-state index in [-0.39, 0.29) is 25.8 Å². The molecule has 2 atom stereocenters. The predicted octanol–water partition coefficient (Wildman–Crippen LogP) is 6.02. The molecule has 4 rings (SSSR count). The third-order valence-electron chi connectivity index (χ3n) is 4.44. The Morgan fingerprint density at radius 3 is 1.48 bits per heavy atom. The van der Waals surface area contributed by atoms with Gasteiger partial charge in [-0.25, -0.2) is 12.2 Å². The number of fused-ring (bicyclic) bond motifs is 2. The van der Waals surface area contributed by atoms with Gasteiger partial charge in [0.1, 0.15) is 0 Å². The summed E-state index contributed by atoms with van der Waals surface area (Å²) >= 11 is 0. The van der Waals surface area contributed by atoms with Crippen molar-refractivity contribution in [1.29, 1.82) is 0 Å². The maximum absolute atomic E-state index is 3.35. The zero-order valence-corrected chi connectivity index (χ0v) is 17.4. The van der Waals surface area contributed by atoms with Crippen LogP contribution >= 0.6 is 0 Å². The van der Waals surface area contributed by atoms with Gasteiger partial charge in [-0.15, -0.1) is 23.3 Å². The molecule has 0 aliphatic heterocycles. The Kier molecular flexibility index (Phi) is 6.77. The maximum atomic E-state index is 3.35. The van der Waals surface area contributed by atoms with E-state index in [1.54, 1.807) is 0 Å². The Hall–Kier alpha value is -1.21. The largest absolute Gasteiger partial charge is 0.268 e. The van der Waals surface area contributed by atoms with Crippen LogP contribution in [0.2, 0.25) is 0 Å². The number of hydrogen-bond acceptors (Lipinski definition) is 0. The van der Waals surface area contributed by atoms with Gasteiger partial charge >= 0.3 is 0 Å². The molecule has 2 aromatic rings. The number of rotatable bonds is 2. The molecule has 0 aromatic heterocycles. The SMILES string of the molecule is CCC1[C-]=Cc2ccccc21.CCC1[C-]=Cc2ccccc21.[Hf]. The fraction of sp³-hybridized carbons (Fsp3) is 0.273. The molecular formula is C22H22Hf-2.